The molecule has 2 atom stereocenters. The summed E-state index contributed by atoms with van der Waals surface area (Å²) in [5, 5.41) is 30.5. The number of hydrogen-bond acceptors (Lipinski definition) is 8. The lowest BCUT2D eigenvalue weighted by molar-refractivity contribution is -0.133. The van der Waals surface area contributed by atoms with E-state index in [0.29, 0.717) is 54.7 Å². The fraction of sp³-hybridized carbons (Fsp3) is 0.480. The van der Waals surface area contributed by atoms with E-state index in [2.05, 4.69) is 39.2 Å². The van der Waals surface area contributed by atoms with Crippen molar-refractivity contribution in [2.24, 2.45) is 0 Å². The Morgan fingerprint density at radius 3 is 2.58 bits per heavy atom. The maximum Gasteiger partial charge on any atom is 0.244 e. The summed E-state index contributed by atoms with van der Waals surface area (Å²) in [6.45, 7) is 6.64. The van der Waals surface area contributed by atoms with Crippen LogP contribution in [0.2, 0.25) is 5.02 Å². The highest BCUT2D eigenvalue weighted by Crippen LogP contribution is 2.32. The molecule has 1 aliphatic heterocycles. The van der Waals surface area contributed by atoms with E-state index in [4.69, 9.17) is 21.4 Å². The number of aliphatic hydroxyl groups is 2. The first-order valence-electron chi connectivity index (χ1n) is 12.1. The number of anilines is 1. The number of nitrogens with one attached hydrogen (secondary N) is 2. The molecule has 36 heavy (non-hydrogen) atoms. The lowest BCUT2D eigenvalue weighted by Gasteiger charge is -2.38. The molecule has 194 valence electrons. The van der Waals surface area contributed by atoms with E-state index < -0.39 is 12.7 Å². The maximum absolute atomic E-state index is 13.6. The Hall–Kier alpha value is -2.92. The second-order valence-electron chi connectivity index (χ2n) is 9.21. The molecule has 4 rings (SSSR count). The topological polar surface area (TPSA) is 127 Å². The Kier molecular flexibility index (Phi) is 8.63. The van der Waals surface area contributed by atoms with E-state index in [1.165, 1.54) is 0 Å². The largest absolute Gasteiger partial charge is 0.473 e. The van der Waals surface area contributed by atoms with Crippen molar-refractivity contribution in [3.63, 3.8) is 0 Å². The number of benzene rings is 1. The molecule has 3 heterocycles. The SMILES string of the molecule is CC(C)NC[C@@H](C(=O)N1CCN(c2ccnc3[nH]nc(OCC(O)CO)c23)CC1)c1ccc(Cl)cc1. The minimum atomic E-state index is -0.995. The summed E-state index contributed by atoms with van der Waals surface area (Å²) in [4.78, 5) is 22.0. The molecular formula is C25H33ClN6O4. The van der Waals surface area contributed by atoms with Gasteiger partial charge >= 0.3 is 0 Å². The van der Waals surface area contributed by atoms with Crippen molar-refractivity contribution >= 4 is 34.2 Å². The van der Waals surface area contributed by atoms with E-state index in [0.717, 1.165) is 11.3 Å². The second-order valence-corrected chi connectivity index (χ2v) is 9.65. The van der Waals surface area contributed by atoms with Crippen LogP contribution in [0, 0.1) is 0 Å². The van der Waals surface area contributed by atoms with E-state index in [-0.39, 0.29) is 24.5 Å². The van der Waals surface area contributed by atoms with E-state index in [1.807, 2.05) is 35.2 Å². The molecule has 1 saturated heterocycles. The summed E-state index contributed by atoms with van der Waals surface area (Å²) in [5.41, 5.74) is 2.41. The number of aliphatic hydroxyl groups excluding tert-OH is 2. The first-order valence-corrected chi connectivity index (χ1v) is 12.5. The predicted octanol–water partition coefficient (Wildman–Crippen LogP) is 1.77. The fourth-order valence-electron chi connectivity index (χ4n) is 4.29. The van der Waals surface area contributed by atoms with Crippen LogP contribution in [0.15, 0.2) is 36.5 Å². The average Bonchev–Trinajstić information content (AvgIpc) is 3.31. The number of rotatable bonds is 10. The van der Waals surface area contributed by atoms with Crippen LogP contribution in [0.1, 0.15) is 25.3 Å². The molecule has 1 fully saturated rings. The smallest absolute Gasteiger partial charge is 0.244 e. The van der Waals surface area contributed by atoms with Gasteiger partial charge in [0.05, 0.1) is 18.2 Å². The number of pyridine rings is 1. The minimum absolute atomic E-state index is 0.0798. The van der Waals surface area contributed by atoms with Crippen molar-refractivity contribution < 1.29 is 19.7 Å². The summed E-state index contributed by atoms with van der Waals surface area (Å²) in [7, 11) is 0. The number of hydrogen-bond donors (Lipinski definition) is 4. The standard InChI is InChI=1S/C25H33ClN6O4/c1-16(2)28-13-20(17-3-5-18(26)6-4-17)25(35)32-11-9-31(10-12-32)21-7-8-27-23-22(21)24(30-29-23)36-15-19(34)14-33/h3-8,16,19-20,28,33-34H,9-15H2,1-2H3,(H,27,29,30)/t19?,20-/m1/s1. The fourth-order valence-corrected chi connectivity index (χ4v) is 4.41. The Balaban J connectivity index is 1.47. The molecule has 3 aromatic rings. The van der Waals surface area contributed by atoms with Crippen LogP contribution < -0.4 is 15.0 Å². The van der Waals surface area contributed by atoms with Gasteiger partial charge in [-0.2, -0.15) is 0 Å². The van der Waals surface area contributed by atoms with Crippen molar-refractivity contribution in [2.45, 2.75) is 31.9 Å². The van der Waals surface area contributed by atoms with Gasteiger partial charge in [-0.25, -0.2) is 4.98 Å². The Morgan fingerprint density at radius 1 is 1.19 bits per heavy atom. The van der Waals surface area contributed by atoms with Crippen LogP contribution in [0.3, 0.4) is 0 Å². The van der Waals surface area contributed by atoms with Gasteiger partial charge in [0.25, 0.3) is 0 Å². The number of amides is 1. The Labute approximate surface area is 215 Å². The third-order valence-electron chi connectivity index (χ3n) is 6.26. The minimum Gasteiger partial charge on any atom is -0.473 e. The molecule has 0 radical (unpaired) electrons. The summed E-state index contributed by atoms with van der Waals surface area (Å²) in [6.07, 6.45) is 0.707. The van der Waals surface area contributed by atoms with Crippen LogP contribution in [-0.4, -0.2) is 94.3 Å². The molecule has 1 aliphatic rings. The predicted molar refractivity (Wildman–Crippen MR) is 139 cm³/mol. The molecule has 1 aromatic carbocycles. The van der Waals surface area contributed by atoms with Gasteiger partial charge in [0.1, 0.15) is 18.1 Å². The van der Waals surface area contributed by atoms with Crippen molar-refractivity contribution in [3.05, 3.63) is 47.1 Å². The van der Waals surface area contributed by atoms with Gasteiger partial charge in [-0.3, -0.25) is 9.89 Å². The van der Waals surface area contributed by atoms with Gasteiger partial charge in [-0.05, 0) is 23.8 Å². The number of ether oxygens (including phenoxy) is 1. The normalized spacial score (nSPS) is 15.9. The summed E-state index contributed by atoms with van der Waals surface area (Å²) in [6, 6.07) is 9.65. The van der Waals surface area contributed by atoms with E-state index >= 15 is 0 Å². The third-order valence-corrected chi connectivity index (χ3v) is 6.51. The molecule has 0 saturated carbocycles. The first-order chi connectivity index (χ1) is 17.4. The highest BCUT2D eigenvalue weighted by molar-refractivity contribution is 6.30. The Bertz CT molecular complexity index is 1150. The number of carbonyl (C=O) groups excluding carboxylic acids is 1. The lowest BCUT2D eigenvalue weighted by Crippen LogP contribution is -2.51. The third kappa shape index (κ3) is 6.07. The van der Waals surface area contributed by atoms with Crippen LogP contribution >= 0.6 is 11.6 Å². The number of halogens is 1. The number of H-pyrrole nitrogens is 1. The molecule has 0 bridgehead atoms. The van der Waals surface area contributed by atoms with Gasteiger partial charge in [-0.15, -0.1) is 5.10 Å². The Morgan fingerprint density at radius 2 is 1.92 bits per heavy atom. The van der Waals surface area contributed by atoms with Crippen molar-refractivity contribution in [3.8, 4) is 5.88 Å². The molecule has 0 spiro atoms. The molecule has 11 heteroatoms. The van der Waals surface area contributed by atoms with Crippen molar-refractivity contribution in [1.29, 1.82) is 0 Å². The molecular weight excluding hydrogens is 484 g/mol. The quantitative estimate of drug-likeness (QED) is 0.321. The van der Waals surface area contributed by atoms with Gasteiger partial charge in [0, 0.05) is 50.0 Å². The highest BCUT2D eigenvalue weighted by atomic mass is 35.5. The summed E-state index contributed by atoms with van der Waals surface area (Å²) in [5.74, 6) is 0.118. The zero-order valence-corrected chi connectivity index (χ0v) is 21.3. The van der Waals surface area contributed by atoms with Crippen LogP contribution in [-0.2, 0) is 4.79 Å². The molecule has 10 nitrogen and oxygen atoms in total. The average molecular weight is 517 g/mol. The second kappa shape index (κ2) is 11.9. The van der Waals surface area contributed by atoms with Gasteiger partial charge < -0.3 is 30.1 Å². The highest BCUT2D eigenvalue weighted by Gasteiger charge is 2.30. The number of aromatic amines is 1. The van der Waals surface area contributed by atoms with Crippen LogP contribution in [0.25, 0.3) is 11.0 Å². The van der Waals surface area contributed by atoms with Gasteiger partial charge in [-0.1, -0.05) is 37.6 Å². The number of carbonyl (C=O) groups is 1. The van der Waals surface area contributed by atoms with Gasteiger partial charge in [0.2, 0.25) is 11.8 Å². The van der Waals surface area contributed by atoms with E-state index in [9.17, 15) is 9.90 Å². The molecule has 4 N–H and O–H groups in total. The summed E-state index contributed by atoms with van der Waals surface area (Å²) < 4.78 is 5.64. The number of piperazine rings is 1. The summed E-state index contributed by atoms with van der Waals surface area (Å²) >= 11 is 6.07. The maximum atomic E-state index is 13.6. The first kappa shape index (κ1) is 26.2. The van der Waals surface area contributed by atoms with Crippen LogP contribution in [0.4, 0.5) is 5.69 Å². The van der Waals surface area contributed by atoms with Crippen molar-refractivity contribution in [1.82, 2.24) is 25.4 Å². The number of fused-ring (bicyclic) bond motifs is 1. The van der Waals surface area contributed by atoms with Crippen LogP contribution in [0.5, 0.6) is 5.88 Å². The molecule has 0 aliphatic carbocycles. The molecule has 1 amide bonds. The molecule has 1 unspecified atom stereocenters. The number of nitrogens with zero attached hydrogens (tertiary/aromatic N) is 4. The monoisotopic (exact) mass is 516 g/mol. The van der Waals surface area contributed by atoms with Gasteiger partial charge in [0.15, 0.2) is 5.65 Å². The zero-order valence-electron chi connectivity index (χ0n) is 20.5. The van der Waals surface area contributed by atoms with E-state index in [1.54, 1.807) is 6.20 Å². The number of aromatic nitrogens is 3. The van der Waals surface area contributed by atoms with Crippen molar-refractivity contribution in [2.75, 3.05) is 50.8 Å². The molecule has 2 aromatic heterocycles. The lowest BCUT2D eigenvalue weighted by atomic mass is 9.96. The zero-order chi connectivity index (χ0) is 25.7.